The molecule has 3 atom stereocenters. The predicted molar refractivity (Wildman–Crippen MR) is 42.8 cm³/mol. The number of rotatable bonds is 1. The minimum absolute atomic E-state index is 0.419. The van der Waals surface area contributed by atoms with Crippen molar-refractivity contribution in [2.45, 2.75) is 25.7 Å². The molecule has 0 amide bonds. The molecule has 2 aliphatic carbocycles. The Hall–Kier alpha value is -0.770. The molecule has 0 aromatic heterocycles. The third kappa shape index (κ3) is 1.07. The maximum Gasteiger partial charge on any atom is 0.136 e. The molecule has 1 nitrogen and oxygen atoms in total. The first kappa shape index (κ1) is 6.91. The lowest BCUT2D eigenvalue weighted by atomic mass is 9.86. The van der Waals surface area contributed by atoms with Crippen molar-refractivity contribution in [1.82, 2.24) is 0 Å². The zero-order valence-corrected chi connectivity index (χ0v) is 6.55. The lowest BCUT2D eigenvalue weighted by Crippen LogP contribution is -2.16. The lowest BCUT2D eigenvalue weighted by molar-refractivity contribution is -0.122. The standard InChI is InChI=1S/C10H12O/c1-2-3-7-4-5-10(11)9-6-8(7)9/h1,7-9H,3-6H2/t7?,8-,9+/m0/s1. The van der Waals surface area contributed by atoms with Gasteiger partial charge in [0.25, 0.3) is 0 Å². The number of carbonyl (C=O) groups excluding carboxylic acids is 1. The molecule has 2 aliphatic rings. The molecule has 0 heterocycles. The van der Waals surface area contributed by atoms with Gasteiger partial charge in [0.2, 0.25) is 0 Å². The van der Waals surface area contributed by atoms with Gasteiger partial charge in [-0.1, -0.05) is 0 Å². The van der Waals surface area contributed by atoms with E-state index < -0.39 is 0 Å². The summed E-state index contributed by atoms with van der Waals surface area (Å²) in [6.45, 7) is 0. The first-order valence-electron chi connectivity index (χ1n) is 4.29. The van der Waals surface area contributed by atoms with Gasteiger partial charge in [0.15, 0.2) is 0 Å². The minimum Gasteiger partial charge on any atom is -0.299 e. The van der Waals surface area contributed by atoms with E-state index in [1.54, 1.807) is 0 Å². The van der Waals surface area contributed by atoms with E-state index in [-0.39, 0.29) is 0 Å². The Bertz CT molecular complexity index is 224. The van der Waals surface area contributed by atoms with Gasteiger partial charge in [-0.05, 0) is 24.7 Å². The Balaban J connectivity index is 1.98. The summed E-state index contributed by atoms with van der Waals surface area (Å²) in [4.78, 5) is 11.1. The molecule has 0 aromatic rings. The predicted octanol–water partition coefficient (Wildman–Crippen LogP) is 1.62. The van der Waals surface area contributed by atoms with Crippen LogP contribution in [-0.2, 0) is 4.79 Å². The molecular formula is C10H12O. The van der Waals surface area contributed by atoms with E-state index in [4.69, 9.17) is 6.42 Å². The summed E-state index contributed by atoms with van der Waals surface area (Å²) in [5, 5.41) is 0. The molecule has 0 spiro atoms. The number of Topliss-reactive ketones (excluding diaryl/α,β-unsaturated/α-hetero) is 1. The molecule has 0 aliphatic heterocycles. The van der Waals surface area contributed by atoms with E-state index >= 15 is 0 Å². The summed E-state index contributed by atoms with van der Waals surface area (Å²) < 4.78 is 0. The summed E-state index contributed by atoms with van der Waals surface area (Å²) in [6.07, 6.45) is 9.08. The lowest BCUT2D eigenvalue weighted by Gasteiger charge is -2.17. The van der Waals surface area contributed by atoms with Crippen LogP contribution in [0.3, 0.4) is 0 Å². The van der Waals surface area contributed by atoms with Crippen LogP contribution < -0.4 is 0 Å². The third-order valence-corrected chi connectivity index (χ3v) is 3.00. The Kier molecular flexibility index (Phi) is 1.49. The zero-order valence-electron chi connectivity index (χ0n) is 6.55. The van der Waals surface area contributed by atoms with Crippen molar-refractivity contribution in [3.05, 3.63) is 0 Å². The molecule has 0 bridgehead atoms. The van der Waals surface area contributed by atoms with E-state index in [2.05, 4.69) is 5.92 Å². The van der Waals surface area contributed by atoms with Crippen LogP contribution in [0.15, 0.2) is 0 Å². The van der Waals surface area contributed by atoms with Gasteiger partial charge in [0.05, 0.1) is 0 Å². The SMILES string of the molecule is C#CCC1CCC(=O)[C@@H]2C[C@@H]12. The van der Waals surface area contributed by atoms with Crippen molar-refractivity contribution in [3.8, 4) is 12.3 Å². The second kappa shape index (κ2) is 2.37. The van der Waals surface area contributed by atoms with Crippen molar-refractivity contribution >= 4 is 5.78 Å². The molecular weight excluding hydrogens is 136 g/mol. The Labute approximate surface area is 67.2 Å². The monoisotopic (exact) mass is 148 g/mol. The van der Waals surface area contributed by atoms with Crippen molar-refractivity contribution in [2.24, 2.45) is 17.8 Å². The maximum absolute atomic E-state index is 11.1. The van der Waals surface area contributed by atoms with Gasteiger partial charge in [-0.25, -0.2) is 0 Å². The van der Waals surface area contributed by atoms with Crippen molar-refractivity contribution in [2.75, 3.05) is 0 Å². The highest BCUT2D eigenvalue weighted by Gasteiger charge is 2.49. The van der Waals surface area contributed by atoms with Crippen LogP contribution in [0.2, 0.25) is 0 Å². The Morgan fingerprint density at radius 2 is 2.45 bits per heavy atom. The number of hydrogen-bond acceptors (Lipinski definition) is 1. The zero-order chi connectivity index (χ0) is 7.84. The first-order chi connectivity index (χ1) is 5.33. The van der Waals surface area contributed by atoms with Gasteiger partial charge in [-0.3, -0.25) is 4.79 Å². The fraction of sp³-hybridized carbons (Fsp3) is 0.700. The largest absolute Gasteiger partial charge is 0.299 e. The van der Waals surface area contributed by atoms with Gasteiger partial charge in [0.1, 0.15) is 5.78 Å². The van der Waals surface area contributed by atoms with Gasteiger partial charge >= 0.3 is 0 Å². The average Bonchev–Trinajstić information content (AvgIpc) is 2.75. The number of hydrogen-bond donors (Lipinski definition) is 0. The molecule has 1 heteroatoms. The van der Waals surface area contributed by atoms with Crippen LogP contribution >= 0.6 is 0 Å². The number of terminal acetylenes is 1. The van der Waals surface area contributed by atoms with E-state index in [0.29, 0.717) is 23.5 Å². The molecule has 2 saturated carbocycles. The number of ketones is 1. The average molecular weight is 148 g/mol. The van der Waals surface area contributed by atoms with Crippen molar-refractivity contribution in [3.63, 3.8) is 0 Å². The van der Waals surface area contributed by atoms with Gasteiger partial charge < -0.3 is 0 Å². The highest BCUT2D eigenvalue weighted by Crippen LogP contribution is 2.51. The molecule has 0 saturated heterocycles. The Morgan fingerprint density at radius 3 is 3.18 bits per heavy atom. The number of carbonyl (C=O) groups is 1. The molecule has 11 heavy (non-hydrogen) atoms. The van der Waals surface area contributed by atoms with Crippen LogP contribution in [0, 0.1) is 30.1 Å². The molecule has 2 fully saturated rings. The van der Waals surface area contributed by atoms with E-state index in [9.17, 15) is 4.79 Å². The minimum atomic E-state index is 0.419. The highest BCUT2D eigenvalue weighted by atomic mass is 16.1. The first-order valence-corrected chi connectivity index (χ1v) is 4.29. The quantitative estimate of drug-likeness (QED) is 0.516. The molecule has 0 radical (unpaired) electrons. The molecule has 58 valence electrons. The van der Waals surface area contributed by atoms with E-state index in [1.165, 1.54) is 0 Å². The molecule has 0 aromatic carbocycles. The van der Waals surface area contributed by atoms with Crippen LogP contribution in [0.5, 0.6) is 0 Å². The van der Waals surface area contributed by atoms with Crippen LogP contribution in [0.1, 0.15) is 25.7 Å². The fourth-order valence-electron chi connectivity index (χ4n) is 2.24. The summed E-state index contributed by atoms with van der Waals surface area (Å²) in [6, 6.07) is 0. The highest BCUT2D eigenvalue weighted by molar-refractivity contribution is 5.84. The second-order valence-electron chi connectivity index (χ2n) is 3.68. The van der Waals surface area contributed by atoms with Crippen molar-refractivity contribution < 1.29 is 4.79 Å². The summed E-state index contributed by atoms with van der Waals surface area (Å²) in [5.41, 5.74) is 0. The van der Waals surface area contributed by atoms with Crippen LogP contribution in [0.4, 0.5) is 0 Å². The Morgan fingerprint density at radius 1 is 1.64 bits per heavy atom. The van der Waals surface area contributed by atoms with Crippen LogP contribution in [0.25, 0.3) is 0 Å². The second-order valence-corrected chi connectivity index (χ2v) is 3.68. The smallest absolute Gasteiger partial charge is 0.136 e. The van der Waals surface area contributed by atoms with E-state index in [1.807, 2.05) is 0 Å². The fourth-order valence-corrected chi connectivity index (χ4v) is 2.24. The van der Waals surface area contributed by atoms with Crippen LogP contribution in [-0.4, -0.2) is 5.78 Å². The van der Waals surface area contributed by atoms with Gasteiger partial charge in [-0.15, -0.1) is 12.3 Å². The topological polar surface area (TPSA) is 17.1 Å². The maximum atomic E-state index is 11.1. The van der Waals surface area contributed by atoms with Gasteiger partial charge in [0, 0.05) is 18.8 Å². The summed E-state index contributed by atoms with van der Waals surface area (Å²) in [7, 11) is 0. The molecule has 2 rings (SSSR count). The summed E-state index contributed by atoms with van der Waals surface area (Å²) >= 11 is 0. The van der Waals surface area contributed by atoms with Gasteiger partial charge in [-0.2, -0.15) is 0 Å². The molecule has 1 unspecified atom stereocenters. The van der Waals surface area contributed by atoms with E-state index in [0.717, 1.165) is 25.7 Å². The molecule has 0 N–H and O–H groups in total. The number of fused-ring (bicyclic) bond motifs is 1. The normalized spacial score (nSPS) is 41.0. The van der Waals surface area contributed by atoms with Crippen molar-refractivity contribution in [1.29, 1.82) is 0 Å². The third-order valence-electron chi connectivity index (χ3n) is 3.00. The summed E-state index contributed by atoms with van der Waals surface area (Å²) in [5.74, 6) is 4.95.